The van der Waals surface area contributed by atoms with Crippen molar-refractivity contribution in [2.75, 3.05) is 0 Å². The molecule has 0 fully saturated rings. The maximum atomic E-state index is 13.1. The predicted molar refractivity (Wildman–Crippen MR) is 60.8 cm³/mol. The number of nitrogens with one attached hydrogen (secondary N) is 1. The quantitative estimate of drug-likeness (QED) is 0.423. The molecule has 6 heteroatoms. The van der Waals surface area contributed by atoms with Crippen molar-refractivity contribution in [2.45, 2.75) is 0 Å². The highest BCUT2D eigenvalue weighted by Crippen LogP contribution is 2.12. The molecule has 0 spiro atoms. The van der Waals surface area contributed by atoms with Gasteiger partial charge in [-0.3, -0.25) is 15.0 Å². The van der Waals surface area contributed by atoms with Crippen LogP contribution in [0.5, 0.6) is 0 Å². The lowest BCUT2D eigenvalue weighted by molar-refractivity contribution is 0.0952. The second-order valence-corrected chi connectivity index (χ2v) is 3.62. The highest BCUT2D eigenvalue weighted by Gasteiger charge is 2.13. The molecule has 17 heavy (non-hydrogen) atoms. The van der Waals surface area contributed by atoms with Crippen LogP contribution in [-0.2, 0) is 7.05 Å². The van der Waals surface area contributed by atoms with Gasteiger partial charge in [0.25, 0.3) is 5.91 Å². The third-order valence-corrected chi connectivity index (χ3v) is 2.53. The number of hydrogen-bond acceptors (Lipinski definition) is 3. The number of carbonyl (C=O) groups is 1. The number of benzene rings is 1. The number of nitrogens with two attached hydrogens (primary N) is 1. The molecule has 0 unspecified atom stereocenters. The molecule has 0 saturated carbocycles. The second kappa shape index (κ2) is 3.99. The molecule has 2 rings (SSSR count). The number of nitrogen functional groups attached to an aromatic ring is 1. The molecule has 0 aliphatic heterocycles. The number of rotatable bonds is 1. The van der Waals surface area contributed by atoms with E-state index >= 15 is 0 Å². The van der Waals surface area contributed by atoms with Gasteiger partial charge in [-0.15, -0.1) is 0 Å². The molecular formula is C11H10FN3O2. The van der Waals surface area contributed by atoms with Gasteiger partial charge in [0.1, 0.15) is 11.4 Å². The van der Waals surface area contributed by atoms with Crippen LogP contribution in [0.2, 0.25) is 0 Å². The van der Waals surface area contributed by atoms with Crippen molar-refractivity contribution in [3.8, 4) is 0 Å². The number of aryl methyl sites for hydroxylation is 1. The Morgan fingerprint density at radius 2 is 2.18 bits per heavy atom. The van der Waals surface area contributed by atoms with Gasteiger partial charge in [-0.25, -0.2) is 10.2 Å². The van der Waals surface area contributed by atoms with E-state index in [4.69, 9.17) is 5.84 Å². The van der Waals surface area contributed by atoms with Gasteiger partial charge in [-0.1, -0.05) is 0 Å². The Bertz CT molecular complexity index is 664. The predicted octanol–water partition coefficient (Wildman–Crippen LogP) is 0.281. The van der Waals surface area contributed by atoms with Crippen molar-refractivity contribution < 1.29 is 9.18 Å². The molecule has 5 nitrogen and oxygen atoms in total. The van der Waals surface area contributed by atoms with Crippen molar-refractivity contribution in [1.29, 1.82) is 0 Å². The van der Waals surface area contributed by atoms with Crippen LogP contribution in [0.15, 0.2) is 29.2 Å². The first-order valence-electron chi connectivity index (χ1n) is 4.84. The largest absolute Gasteiger partial charge is 0.350 e. The molecule has 0 atom stereocenters. The van der Waals surface area contributed by atoms with Crippen LogP contribution in [-0.4, -0.2) is 10.5 Å². The summed E-state index contributed by atoms with van der Waals surface area (Å²) in [6, 6.07) is 3.84. The minimum atomic E-state index is -0.697. The SMILES string of the molecule is Cn1cc(C(=O)NN)c(=O)c2cc(F)ccc21. The number of aromatic nitrogens is 1. The van der Waals surface area contributed by atoms with E-state index in [2.05, 4.69) is 0 Å². The Morgan fingerprint density at radius 3 is 2.82 bits per heavy atom. The third-order valence-electron chi connectivity index (χ3n) is 2.53. The molecule has 0 radical (unpaired) electrons. The fourth-order valence-electron chi connectivity index (χ4n) is 1.70. The highest BCUT2D eigenvalue weighted by atomic mass is 19.1. The van der Waals surface area contributed by atoms with Gasteiger partial charge in [0.2, 0.25) is 5.43 Å². The molecule has 2 aromatic rings. The van der Waals surface area contributed by atoms with E-state index in [1.54, 1.807) is 11.6 Å². The summed E-state index contributed by atoms with van der Waals surface area (Å²) >= 11 is 0. The lowest BCUT2D eigenvalue weighted by atomic mass is 10.1. The monoisotopic (exact) mass is 235 g/mol. The third kappa shape index (κ3) is 1.78. The number of nitrogens with zero attached hydrogens (tertiary/aromatic N) is 1. The number of fused-ring (bicyclic) bond motifs is 1. The number of amides is 1. The van der Waals surface area contributed by atoms with E-state index in [1.165, 1.54) is 18.3 Å². The zero-order valence-corrected chi connectivity index (χ0v) is 9.03. The Morgan fingerprint density at radius 1 is 1.47 bits per heavy atom. The van der Waals surface area contributed by atoms with E-state index in [9.17, 15) is 14.0 Å². The van der Waals surface area contributed by atoms with Crippen LogP contribution in [0, 0.1) is 5.82 Å². The average molecular weight is 235 g/mol. The van der Waals surface area contributed by atoms with Crippen molar-refractivity contribution in [2.24, 2.45) is 12.9 Å². The van der Waals surface area contributed by atoms with Crippen molar-refractivity contribution in [3.05, 3.63) is 46.0 Å². The zero-order valence-electron chi connectivity index (χ0n) is 9.03. The molecule has 1 amide bonds. The number of pyridine rings is 1. The summed E-state index contributed by atoms with van der Waals surface area (Å²) < 4.78 is 14.7. The summed E-state index contributed by atoms with van der Waals surface area (Å²) in [5.41, 5.74) is 1.77. The Balaban J connectivity index is 2.88. The normalized spacial score (nSPS) is 10.5. The standard InChI is InChI=1S/C11H10FN3O2/c1-15-5-8(11(17)14-13)10(16)7-4-6(12)2-3-9(7)15/h2-5H,13H2,1H3,(H,14,17). The number of hydrogen-bond donors (Lipinski definition) is 2. The Kier molecular flexibility index (Phi) is 2.64. The van der Waals surface area contributed by atoms with Gasteiger partial charge in [0.15, 0.2) is 0 Å². The molecular weight excluding hydrogens is 225 g/mol. The van der Waals surface area contributed by atoms with E-state index in [0.717, 1.165) is 6.07 Å². The topological polar surface area (TPSA) is 77.1 Å². The van der Waals surface area contributed by atoms with Crippen molar-refractivity contribution in [1.82, 2.24) is 9.99 Å². The van der Waals surface area contributed by atoms with Gasteiger partial charge in [-0.2, -0.15) is 0 Å². The van der Waals surface area contributed by atoms with Crippen LogP contribution in [0.4, 0.5) is 4.39 Å². The average Bonchev–Trinajstić information content (AvgIpc) is 2.32. The van der Waals surface area contributed by atoms with Gasteiger partial charge >= 0.3 is 0 Å². The molecule has 0 saturated heterocycles. The minimum Gasteiger partial charge on any atom is -0.350 e. The lowest BCUT2D eigenvalue weighted by Gasteiger charge is -2.07. The maximum absolute atomic E-state index is 13.1. The molecule has 3 N–H and O–H groups in total. The zero-order chi connectivity index (χ0) is 12.6. The molecule has 1 heterocycles. The maximum Gasteiger partial charge on any atom is 0.270 e. The Hall–Kier alpha value is -2.21. The number of hydrazine groups is 1. The van der Waals surface area contributed by atoms with Crippen LogP contribution < -0.4 is 16.7 Å². The fraction of sp³-hybridized carbons (Fsp3) is 0.0909. The molecule has 88 valence electrons. The highest BCUT2D eigenvalue weighted by molar-refractivity contribution is 5.96. The van der Waals surface area contributed by atoms with Crippen LogP contribution in [0.1, 0.15) is 10.4 Å². The number of carbonyl (C=O) groups excluding carboxylic acids is 1. The summed E-state index contributed by atoms with van der Waals surface area (Å²) in [7, 11) is 1.66. The smallest absolute Gasteiger partial charge is 0.270 e. The van der Waals surface area contributed by atoms with Crippen molar-refractivity contribution >= 4 is 16.8 Å². The Labute approximate surface area is 95.6 Å². The van der Waals surface area contributed by atoms with Crippen LogP contribution >= 0.6 is 0 Å². The van der Waals surface area contributed by atoms with E-state index in [0.29, 0.717) is 5.52 Å². The fourth-order valence-corrected chi connectivity index (χ4v) is 1.70. The number of halogens is 1. The summed E-state index contributed by atoms with van der Waals surface area (Å²) in [5, 5.41) is 0.147. The molecule has 0 bridgehead atoms. The molecule has 0 aliphatic rings. The second-order valence-electron chi connectivity index (χ2n) is 3.62. The summed E-state index contributed by atoms with van der Waals surface area (Å²) in [4.78, 5) is 23.3. The first-order chi connectivity index (χ1) is 8.04. The van der Waals surface area contributed by atoms with Gasteiger partial charge < -0.3 is 4.57 Å². The molecule has 0 aliphatic carbocycles. The van der Waals surface area contributed by atoms with Gasteiger partial charge in [0.05, 0.1) is 5.52 Å². The lowest BCUT2D eigenvalue weighted by Crippen LogP contribution is -2.34. The van der Waals surface area contributed by atoms with Crippen molar-refractivity contribution in [3.63, 3.8) is 0 Å². The molecule has 1 aromatic carbocycles. The van der Waals surface area contributed by atoms with E-state index in [-0.39, 0.29) is 10.9 Å². The molecule has 1 aromatic heterocycles. The summed E-state index contributed by atoms with van der Waals surface area (Å²) in [6.45, 7) is 0. The van der Waals surface area contributed by atoms with E-state index < -0.39 is 17.2 Å². The minimum absolute atomic E-state index is 0.117. The van der Waals surface area contributed by atoms with E-state index in [1.807, 2.05) is 5.43 Å². The van der Waals surface area contributed by atoms with Gasteiger partial charge in [-0.05, 0) is 18.2 Å². The first-order valence-corrected chi connectivity index (χ1v) is 4.84. The summed E-state index contributed by atoms with van der Waals surface area (Å²) in [5.74, 6) is 3.75. The van der Waals surface area contributed by atoms with Crippen LogP contribution in [0.25, 0.3) is 10.9 Å². The first kappa shape index (κ1) is 11.3. The summed E-state index contributed by atoms with van der Waals surface area (Å²) in [6.07, 6.45) is 1.37. The van der Waals surface area contributed by atoms with Gasteiger partial charge in [0, 0.05) is 18.6 Å². The van der Waals surface area contributed by atoms with Crippen LogP contribution in [0.3, 0.4) is 0 Å².